The normalized spacial score (nSPS) is 18.3. The van der Waals surface area contributed by atoms with Crippen molar-refractivity contribution in [2.45, 2.75) is 0 Å². The smallest absolute Gasteiger partial charge is 0.256 e. The Morgan fingerprint density at radius 2 is 1.12 bits per heavy atom. The molecule has 2 aromatic carbocycles. The minimum absolute atomic E-state index is 0.305. The molecule has 2 aliphatic heterocycles. The second-order valence-corrected chi connectivity index (χ2v) is 5.52. The van der Waals surface area contributed by atoms with E-state index in [4.69, 9.17) is 0 Å². The average molecular weight is 316 g/mol. The monoisotopic (exact) mass is 316 g/mol. The molecule has 0 unspecified atom stereocenters. The highest BCUT2D eigenvalue weighted by Gasteiger charge is 2.26. The summed E-state index contributed by atoms with van der Waals surface area (Å²) >= 11 is 0. The van der Waals surface area contributed by atoms with Crippen molar-refractivity contribution < 1.29 is 14.4 Å². The summed E-state index contributed by atoms with van der Waals surface area (Å²) in [6, 6.07) is 14.3. The Kier molecular flexibility index (Phi) is 3.13. The molecule has 0 radical (unpaired) electrons. The predicted molar refractivity (Wildman–Crippen MR) is 91.1 cm³/mol. The molecule has 0 fully saturated rings. The molecule has 0 atom stereocenters. The fourth-order valence-electron chi connectivity index (χ4n) is 2.89. The van der Waals surface area contributed by atoms with Gasteiger partial charge in [0.05, 0.1) is 11.1 Å². The lowest BCUT2D eigenvalue weighted by Crippen LogP contribution is -2.07. The molecular weight excluding hydrogens is 304 g/mol. The van der Waals surface area contributed by atoms with Crippen molar-refractivity contribution in [3.63, 3.8) is 0 Å². The Hall–Kier alpha value is -3.47. The lowest BCUT2D eigenvalue weighted by Gasteiger charge is -1.97. The highest BCUT2D eigenvalue weighted by Crippen LogP contribution is 2.33. The second kappa shape index (κ2) is 5.31. The number of para-hydroxylation sites is 2. The van der Waals surface area contributed by atoms with Crippen LogP contribution >= 0.6 is 0 Å². The highest BCUT2D eigenvalue weighted by molar-refractivity contribution is 6.38. The Morgan fingerprint density at radius 3 is 1.58 bits per heavy atom. The van der Waals surface area contributed by atoms with Crippen LogP contribution in [0.1, 0.15) is 11.1 Å². The van der Waals surface area contributed by atoms with Gasteiger partial charge in [0.15, 0.2) is 5.78 Å². The van der Waals surface area contributed by atoms with E-state index in [0.717, 1.165) is 0 Å². The van der Waals surface area contributed by atoms with Crippen molar-refractivity contribution in [1.29, 1.82) is 0 Å². The van der Waals surface area contributed by atoms with Gasteiger partial charge in [-0.1, -0.05) is 36.4 Å². The number of nitrogens with one attached hydrogen (secondary N) is 2. The van der Waals surface area contributed by atoms with E-state index < -0.39 is 5.78 Å². The number of carbonyl (C=O) groups is 3. The van der Waals surface area contributed by atoms with Gasteiger partial charge >= 0.3 is 0 Å². The summed E-state index contributed by atoms with van der Waals surface area (Å²) in [6.45, 7) is 0. The summed E-state index contributed by atoms with van der Waals surface area (Å²) in [7, 11) is 0. The molecule has 0 bridgehead atoms. The summed E-state index contributed by atoms with van der Waals surface area (Å²) in [4.78, 5) is 36.4. The van der Waals surface area contributed by atoms with Gasteiger partial charge in [-0.05, 0) is 24.3 Å². The van der Waals surface area contributed by atoms with E-state index in [1.54, 1.807) is 36.4 Å². The van der Waals surface area contributed by atoms with E-state index in [0.29, 0.717) is 33.6 Å². The molecule has 2 aliphatic rings. The first-order valence-corrected chi connectivity index (χ1v) is 7.42. The van der Waals surface area contributed by atoms with E-state index in [1.165, 1.54) is 12.2 Å². The van der Waals surface area contributed by atoms with E-state index in [2.05, 4.69) is 10.6 Å². The third-order valence-electron chi connectivity index (χ3n) is 3.99. The molecule has 0 saturated heterocycles. The number of carbonyl (C=O) groups excluding carboxylic acids is 3. The van der Waals surface area contributed by atoms with Gasteiger partial charge in [0.2, 0.25) is 0 Å². The number of anilines is 2. The number of ketones is 1. The van der Waals surface area contributed by atoms with Crippen molar-refractivity contribution in [2.24, 2.45) is 0 Å². The van der Waals surface area contributed by atoms with E-state index >= 15 is 0 Å². The van der Waals surface area contributed by atoms with Crippen LogP contribution in [0.25, 0.3) is 11.1 Å². The molecule has 4 rings (SSSR count). The van der Waals surface area contributed by atoms with Crippen LogP contribution in [-0.2, 0) is 14.4 Å². The lowest BCUT2D eigenvalue weighted by molar-refractivity contribution is -0.112. The summed E-state index contributed by atoms with van der Waals surface area (Å²) in [5, 5.41) is 5.42. The van der Waals surface area contributed by atoms with Gasteiger partial charge in [0, 0.05) is 22.5 Å². The molecule has 116 valence electrons. The molecule has 24 heavy (non-hydrogen) atoms. The number of rotatable bonds is 2. The molecule has 2 N–H and O–H groups in total. The molecule has 0 aliphatic carbocycles. The van der Waals surface area contributed by atoms with Gasteiger partial charge in [-0.25, -0.2) is 0 Å². The average Bonchev–Trinajstić information content (AvgIpc) is 3.05. The lowest BCUT2D eigenvalue weighted by atomic mass is 10.0. The maximum atomic E-state index is 12.4. The van der Waals surface area contributed by atoms with Gasteiger partial charge in [0.25, 0.3) is 11.8 Å². The number of hydrogen-bond donors (Lipinski definition) is 2. The molecule has 0 spiro atoms. The molecule has 2 heterocycles. The van der Waals surface area contributed by atoms with Crippen LogP contribution in [0.15, 0.2) is 60.7 Å². The Balaban J connectivity index is 1.71. The summed E-state index contributed by atoms with van der Waals surface area (Å²) < 4.78 is 0. The first-order chi connectivity index (χ1) is 11.6. The Morgan fingerprint density at radius 1 is 0.708 bits per heavy atom. The Labute approximate surface area is 137 Å². The second-order valence-electron chi connectivity index (χ2n) is 5.52. The van der Waals surface area contributed by atoms with E-state index in [9.17, 15) is 14.4 Å². The predicted octanol–water partition coefficient (Wildman–Crippen LogP) is 2.63. The van der Waals surface area contributed by atoms with Crippen LogP contribution in [0.5, 0.6) is 0 Å². The zero-order chi connectivity index (χ0) is 16.7. The number of fused-ring (bicyclic) bond motifs is 2. The summed E-state index contributed by atoms with van der Waals surface area (Å²) in [5.41, 5.74) is 3.34. The third kappa shape index (κ3) is 2.23. The number of hydrogen-bond acceptors (Lipinski definition) is 3. The first-order valence-electron chi connectivity index (χ1n) is 7.42. The van der Waals surface area contributed by atoms with E-state index in [1.807, 2.05) is 12.1 Å². The van der Waals surface area contributed by atoms with E-state index in [-0.39, 0.29) is 11.8 Å². The van der Waals surface area contributed by atoms with Crippen LogP contribution in [-0.4, -0.2) is 17.6 Å². The maximum Gasteiger partial charge on any atom is 0.256 e. The number of allylic oxidation sites excluding steroid dienone is 2. The highest BCUT2D eigenvalue weighted by atomic mass is 16.2. The third-order valence-corrected chi connectivity index (χ3v) is 3.99. The van der Waals surface area contributed by atoms with Crippen molar-refractivity contribution >= 4 is 40.1 Å². The van der Waals surface area contributed by atoms with Gasteiger partial charge in [-0.3, -0.25) is 14.4 Å². The molecular formula is C19H12N2O3. The summed E-state index contributed by atoms with van der Waals surface area (Å²) in [6.07, 6.45) is 2.53. The SMILES string of the molecule is O=C(/C=C1\C(=O)Nc2ccccc21)/C=C1\C(=O)Nc2ccccc21. The first kappa shape index (κ1) is 14.1. The van der Waals surface area contributed by atoms with Crippen molar-refractivity contribution in [3.05, 3.63) is 71.8 Å². The van der Waals surface area contributed by atoms with Crippen LogP contribution in [0.2, 0.25) is 0 Å². The van der Waals surface area contributed by atoms with Crippen molar-refractivity contribution in [1.82, 2.24) is 0 Å². The zero-order valence-corrected chi connectivity index (χ0v) is 12.5. The summed E-state index contributed by atoms with van der Waals surface area (Å²) in [5.74, 6) is -1.04. The number of benzene rings is 2. The van der Waals surface area contributed by atoms with Gasteiger partial charge in [-0.15, -0.1) is 0 Å². The quantitative estimate of drug-likeness (QED) is 0.836. The molecule has 0 saturated carbocycles. The maximum absolute atomic E-state index is 12.4. The fraction of sp³-hybridized carbons (Fsp3) is 0. The van der Waals surface area contributed by atoms with Gasteiger partial charge in [-0.2, -0.15) is 0 Å². The standard InChI is InChI=1S/C19H12N2O3/c22-11(9-14-12-5-1-3-7-16(12)20-18(14)23)10-15-13-6-2-4-8-17(13)21-19(15)24/h1-10H,(H,20,23)(H,21,24)/b14-9-,15-10-. The molecule has 2 amide bonds. The van der Waals surface area contributed by atoms with Crippen LogP contribution in [0.4, 0.5) is 11.4 Å². The zero-order valence-electron chi connectivity index (χ0n) is 12.5. The minimum Gasteiger partial charge on any atom is -0.321 e. The van der Waals surface area contributed by atoms with Crippen molar-refractivity contribution in [2.75, 3.05) is 10.6 Å². The molecule has 5 heteroatoms. The minimum atomic E-state index is -0.404. The van der Waals surface area contributed by atoms with Crippen LogP contribution in [0.3, 0.4) is 0 Å². The topological polar surface area (TPSA) is 75.3 Å². The van der Waals surface area contributed by atoms with Gasteiger partial charge < -0.3 is 10.6 Å². The Bertz CT molecular complexity index is 893. The largest absolute Gasteiger partial charge is 0.321 e. The van der Waals surface area contributed by atoms with Gasteiger partial charge in [0.1, 0.15) is 0 Å². The van der Waals surface area contributed by atoms with Crippen molar-refractivity contribution in [3.8, 4) is 0 Å². The fourth-order valence-corrected chi connectivity index (χ4v) is 2.89. The molecule has 2 aromatic rings. The molecule has 5 nitrogen and oxygen atoms in total. The molecule has 0 aromatic heterocycles. The van der Waals surface area contributed by atoms with Crippen LogP contribution < -0.4 is 10.6 Å². The number of amides is 2. The van der Waals surface area contributed by atoms with Crippen LogP contribution in [0, 0.1) is 0 Å².